The summed E-state index contributed by atoms with van der Waals surface area (Å²) in [4.78, 5) is 16.8. The molecule has 0 bridgehead atoms. The molecule has 0 unspecified atom stereocenters. The fourth-order valence-electron chi connectivity index (χ4n) is 4.15. The molecule has 2 aliphatic rings. The van der Waals surface area contributed by atoms with Crippen LogP contribution >= 0.6 is 0 Å². The summed E-state index contributed by atoms with van der Waals surface area (Å²) in [6.07, 6.45) is 4.38. The Morgan fingerprint density at radius 1 is 1.11 bits per heavy atom. The molecular formula is C21H33N3O3. The number of carbonyl (C=O) groups excluding carboxylic acids is 1. The second-order valence-electron chi connectivity index (χ2n) is 7.83. The smallest absolute Gasteiger partial charge is 0.317 e. The number of aliphatic hydroxyl groups excluding tert-OH is 1. The zero-order valence-electron chi connectivity index (χ0n) is 16.4. The van der Waals surface area contributed by atoms with Crippen molar-refractivity contribution in [3.05, 3.63) is 29.8 Å². The number of carbonyl (C=O) groups is 1. The number of aliphatic hydroxyl groups is 1. The van der Waals surface area contributed by atoms with Crippen LogP contribution in [-0.2, 0) is 6.54 Å². The number of rotatable bonds is 6. The molecule has 6 nitrogen and oxygen atoms in total. The van der Waals surface area contributed by atoms with Gasteiger partial charge in [-0.05, 0) is 43.6 Å². The van der Waals surface area contributed by atoms with Gasteiger partial charge in [0.05, 0.1) is 7.11 Å². The van der Waals surface area contributed by atoms with Crippen molar-refractivity contribution in [2.45, 2.75) is 32.2 Å². The molecule has 1 aromatic carbocycles. The van der Waals surface area contributed by atoms with Gasteiger partial charge in [0.25, 0.3) is 0 Å². The highest BCUT2D eigenvalue weighted by Crippen LogP contribution is 2.28. The predicted molar refractivity (Wildman–Crippen MR) is 106 cm³/mol. The van der Waals surface area contributed by atoms with Gasteiger partial charge in [-0.3, -0.25) is 4.90 Å². The molecule has 3 rings (SSSR count). The van der Waals surface area contributed by atoms with Crippen LogP contribution in [0.15, 0.2) is 24.3 Å². The van der Waals surface area contributed by atoms with Crippen LogP contribution < -0.4 is 10.1 Å². The minimum absolute atomic E-state index is 0.0659. The summed E-state index contributed by atoms with van der Waals surface area (Å²) in [5.74, 6) is 1.95. The summed E-state index contributed by atoms with van der Waals surface area (Å²) in [6.45, 7) is 5.21. The Balaban J connectivity index is 1.38. The Labute approximate surface area is 162 Å². The minimum Gasteiger partial charge on any atom is -0.496 e. The summed E-state index contributed by atoms with van der Waals surface area (Å²) >= 11 is 0. The van der Waals surface area contributed by atoms with Gasteiger partial charge in [-0.25, -0.2) is 4.79 Å². The van der Waals surface area contributed by atoms with E-state index in [2.05, 4.69) is 16.3 Å². The van der Waals surface area contributed by atoms with E-state index in [0.717, 1.165) is 70.7 Å². The Bertz CT molecular complexity index is 594. The largest absolute Gasteiger partial charge is 0.496 e. The van der Waals surface area contributed by atoms with E-state index >= 15 is 0 Å². The van der Waals surface area contributed by atoms with Crippen molar-refractivity contribution in [2.75, 3.05) is 46.4 Å². The molecule has 2 amide bonds. The maximum atomic E-state index is 12.5. The van der Waals surface area contributed by atoms with Crippen molar-refractivity contribution >= 4 is 6.03 Å². The number of hydrogen-bond donors (Lipinski definition) is 2. The highest BCUT2D eigenvalue weighted by Gasteiger charge is 2.24. The lowest BCUT2D eigenvalue weighted by Crippen LogP contribution is -2.52. The van der Waals surface area contributed by atoms with Crippen molar-refractivity contribution in [1.29, 1.82) is 0 Å². The lowest BCUT2D eigenvalue weighted by atomic mass is 9.82. The number of nitrogens with zero attached hydrogens (tertiary/aromatic N) is 2. The van der Waals surface area contributed by atoms with Gasteiger partial charge in [0.2, 0.25) is 0 Å². The van der Waals surface area contributed by atoms with E-state index in [1.54, 1.807) is 7.11 Å². The monoisotopic (exact) mass is 375 g/mol. The van der Waals surface area contributed by atoms with Crippen molar-refractivity contribution in [2.24, 2.45) is 11.8 Å². The molecule has 27 heavy (non-hydrogen) atoms. The number of nitrogens with one attached hydrogen (secondary N) is 1. The second-order valence-corrected chi connectivity index (χ2v) is 7.83. The molecule has 1 saturated carbocycles. The molecule has 1 aromatic rings. The van der Waals surface area contributed by atoms with Gasteiger partial charge >= 0.3 is 6.03 Å². The summed E-state index contributed by atoms with van der Waals surface area (Å²) in [7, 11) is 1.71. The van der Waals surface area contributed by atoms with E-state index in [1.165, 1.54) is 5.56 Å². The van der Waals surface area contributed by atoms with Gasteiger partial charge in [-0.2, -0.15) is 0 Å². The van der Waals surface area contributed by atoms with Crippen LogP contribution in [0.2, 0.25) is 0 Å². The van der Waals surface area contributed by atoms with Gasteiger partial charge in [0.15, 0.2) is 0 Å². The normalized spacial score (nSPS) is 23.9. The number of para-hydroxylation sites is 1. The van der Waals surface area contributed by atoms with Crippen LogP contribution in [0.4, 0.5) is 4.79 Å². The van der Waals surface area contributed by atoms with Crippen molar-refractivity contribution in [1.82, 2.24) is 15.1 Å². The SMILES string of the molecule is COc1ccccc1CN1CCN(C(=O)NCC2CCC(CO)CC2)CC1. The Morgan fingerprint density at radius 3 is 2.44 bits per heavy atom. The van der Waals surface area contributed by atoms with E-state index < -0.39 is 0 Å². The first-order chi connectivity index (χ1) is 13.2. The predicted octanol–water partition coefficient (Wildman–Crippen LogP) is 2.32. The number of methoxy groups -OCH3 is 1. The van der Waals surface area contributed by atoms with Gasteiger partial charge in [0.1, 0.15) is 5.75 Å². The van der Waals surface area contributed by atoms with Gasteiger partial charge in [0, 0.05) is 51.4 Å². The number of urea groups is 1. The molecule has 1 heterocycles. The highest BCUT2D eigenvalue weighted by molar-refractivity contribution is 5.74. The lowest BCUT2D eigenvalue weighted by molar-refractivity contribution is 0.131. The lowest BCUT2D eigenvalue weighted by Gasteiger charge is -2.35. The fraction of sp³-hybridized carbons (Fsp3) is 0.667. The average molecular weight is 376 g/mol. The minimum atomic E-state index is 0.0659. The van der Waals surface area contributed by atoms with Crippen LogP contribution in [0.25, 0.3) is 0 Å². The van der Waals surface area contributed by atoms with Crippen molar-refractivity contribution in [3.8, 4) is 5.75 Å². The Kier molecular flexibility index (Phi) is 7.35. The zero-order chi connectivity index (χ0) is 19.1. The van der Waals surface area contributed by atoms with Crippen molar-refractivity contribution in [3.63, 3.8) is 0 Å². The molecule has 1 aliphatic heterocycles. The number of ether oxygens (including phenoxy) is 1. The first kappa shape index (κ1) is 20.0. The van der Waals surface area contributed by atoms with Gasteiger partial charge < -0.3 is 20.1 Å². The third kappa shape index (κ3) is 5.59. The first-order valence-corrected chi connectivity index (χ1v) is 10.2. The molecular weight excluding hydrogens is 342 g/mol. The molecule has 2 fully saturated rings. The molecule has 1 saturated heterocycles. The molecule has 0 aromatic heterocycles. The number of benzene rings is 1. The summed E-state index contributed by atoms with van der Waals surface area (Å²) in [6, 6.07) is 8.18. The van der Waals surface area contributed by atoms with Crippen LogP contribution in [-0.4, -0.2) is 67.4 Å². The van der Waals surface area contributed by atoms with Crippen molar-refractivity contribution < 1.29 is 14.6 Å². The van der Waals surface area contributed by atoms with E-state index in [-0.39, 0.29) is 6.03 Å². The summed E-state index contributed by atoms with van der Waals surface area (Å²) in [5, 5.41) is 12.3. The molecule has 6 heteroatoms. The third-order valence-corrected chi connectivity index (χ3v) is 6.01. The standard InChI is InChI=1S/C21H33N3O3/c1-27-20-5-3-2-4-19(20)15-23-10-12-24(13-11-23)21(26)22-14-17-6-8-18(16-25)9-7-17/h2-5,17-18,25H,6-16H2,1H3,(H,22,26). The zero-order valence-corrected chi connectivity index (χ0v) is 16.4. The fourth-order valence-corrected chi connectivity index (χ4v) is 4.15. The molecule has 2 N–H and O–H groups in total. The van der Waals surface area contributed by atoms with Crippen LogP contribution in [0.1, 0.15) is 31.2 Å². The van der Waals surface area contributed by atoms with Crippen LogP contribution in [0.3, 0.4) is 0 Å². The van der Waals surface area contributed by atoms with E-state index in [1.807, 2.05) is 23.1 Å². The number of hydrogen-bond acceptors (Lipinski definition) is 4. The van der Waals surface area contributed by atoms with Gasteiger partial charge in [-0.1, -0.05) is 18.2 Å². The van der Waals surface area contributed by atoms with E-state index in [4.69, 9.17) is 4.74 Å². The molecule has 1 aliphatic carbocycles. The van der Waals surface area contributed by atoms with E-state index in [9.17, 15) is 9.90 Å². The second kappa shape index (κ2) is 9.95. The maximum Gasteiger partial charge on any atom is 0.317 e. The maximum absolute atomic E-state index is 12.5. The topological polar surface area (TPSA) is 65.0 Å². The quantitative estimate of drug-likeness (QED) is 0.801. The number of amides is 2. The number of piperazine rings is 1. The molecule has 0 atom stereocenters. The third-order valence-electron chi connectivity index (χ3n) is 6.01. The first-order valence-electron chi connectivity index (χ1n) is 10.2. The van der Waals surface area contributed by atoms with E-state index in [0.29, 0.717) is 18.4 Å². The molecule has 0 radical (unpaired) electrons. The van der Waals surface area contributed by atoms with Crippen LogP contribution in [0.5, 0.6) is 5.75 Å². The summed E-state index contributed by atoms with van der Waals surface area (Å²) in [5.41, 5.74) is 1.19. The summed E-state index contributed by atoms with van der Waals surface area (Å²) < 4.78 is 5.43. The molecule has 150 valence electrons. The van der Waals surface area contributed by atoms with Crippen LogP contribution in [0, 0.1) is 11.8 Å². The average Bonchev–Trinajstić information content (AvgIpc) is 2.73. The van der Waals surface area contributed by atoms with Gasteiger partial charge in [-0.15, -0.1) is 0 Å². The highest BCUT2D eigenvalue weighted by atomic mass is 16.5. The Hall–Kier alpha value is -1.79. The Morgan fingerprint density at radius 2 is 1.78 bits per heavy atom. The molecule has 0 spiro atoms.